The zero-order valence-corrected chi connectivity index (χ0v) is 8.21. The van der Waals surface area contributed by atoms with E-state index >= 15 is 0 Å². The third-order valence-corrected chi connectivity index (χ3v) is 2.52. The highest BCUT2D eigenvalue weighted by Crippen LogP contribution is 2.16. The van der Waals surface area contributed by atoms with E-state index < -0.39 is 0 Å². The molecule has 0 aliphatic rings. The van der Waals surface area contributed by atoms with Crippen molar-refractivity contribution >= 4 is 23.1 Å². The Kier molecular flexibility index (Phi) is 2.14. The lowest BCUT2D eigenvalue weighted by atomic mass is 10.4. The lowest BCUT2D eigenvalue weighted by Gasteiger charge is -2.00. The van der Waals surface area contributed by atoms with Crippen molar-refractivity contribution in [3.05, 3.63) is 30.2 Å². The molecule has 0 aliphatic carbocycles. The molecule has 0 spiro atoms. The molecule has 0 fully saturated rings. The van der Waals surface area contributed by atoms with Crippen LogP contribution in [0.25, 0.3) is 5.65 Å². The van der Waals surface area contributed by atoms with Gasteiger partial charge >= 0.3 is 0 Å². The molecule has 4 heteroatoms. The number of thioether (sulfide) groups is 1. The Hall–Kier alpha value is -1.16. The van der Waals surface area contributed by atoms with Crippen LogP contribution in [0, 0.1) is 0 Å². The van der Waals surface area contributed by atoms with Crippen LogP contribution in [0.5, 0.6) is 0 Å². The Bertz CT molecular complexity index is 422. The van der Waals surface area contributed by atoms with Crippen LogP contribution in [-0.4, -0.2) is 15.6 Å². The van der Waals surface area contributed by atoms with Crippen LogP contribution in [0.3, 0.4) is 0 Å². The maximum Gasteiger partial charge on any atom is 0.160 e. The molecule has 0 aliphatic heterocycles. The molecule has 3 nitrogen and oxygen atoms in total. The van der Waals surface area contributed by atoms with Gasteiger partial charge in [-0.1, -0.05) is 0 Å². The number of imidazole rings is 1. The van der Waals surface area contributed by atoms with Gasteiger partial charge in [0.2, 0.25) is 0 Å². The minimum Gasteiger partial charge on any atom is -0.396 e. The van der Waals surface area contributed by atoms with Crippen molar-refractivity contribution in [2.45, 2.75) is 5.75 Å². The van der Waals surface area contributed by atoms with E-state index in [0.29, 0.717) is 0 Å². The smallest absolute Gasteiger partial charge is 0.160 e. The first-order valence-corrected chi connectivity index (χ1v) is 5.41. The fraction of sp³-hybridized carbons (Fsp3) is 0.222. The van der Waals surface area contributed by atoms with Gasteiger partial charge in [0.25, 0.3) is 0 Å². The van der Waals surface area contributed by atoms with Gasteiger partial charge in [0, 0.05) is 11.9 Å². The molecule has 0 unspecified atom stereocenters. The summed E-state index contributed by atoms with van der Waals surface area (Å²) in [6, 6.07) is 3.80. The molecule has 2 rings (SSSR count). The summed E-state index contributed by atoms with van der Waals surface area (Å²) in [5, 5.41) is 0. The van der Waals surface area contributed by atoms with Crippen molar-refractivity contribution < 1.29 is 0 Å². The molecule has 0 atom stereocenters. The molecule has 2 heterocycles. The van der Waals surface area contributed by atoms with E-state index in [0.717, 1.165) is 17.1 Å². The predicted molar refractivity (Wildman–Crippen MR) is 56.8 cm³/mol. The summed E-state index contributed by atoms with van der Waals surface area (Å²) in [6.07, 6.45) is 5.94. The summed E-state index contributed by atoms with van der Waals surface area (Å²) >= 11 is 1.78. The molecule has 0 bridgehead atoms. The molecular formula is C9H11N3S. The zero-order valence-electron chi connectivity index (χ0n) is 7.40. The normalized spacial score (nSPS) is 10.8. The van der Waals surface area contributed by atoms with E-state index in [9.17, 15) is 0 Å². The molecule has 0 aromatic carbocycles. The number of hydrogen-bond acceptors (Lipinski definition) is 3. The van der Waals surface area contributed by atoms with Crippen LogP contribution in [0.2, 0.25) is 0 Å². The quantitative estimate of drug-likeness (QED) is 0.790. The largest absolute Gasteiger partial charge is 0.396 e. The minimum atomic E-state index is 0.731. The molecule has 68 valence electrons. The van der Waals surface area contributed by atoms with Gasteiger partial charge in [-0.05, 0) is 18.4 Å². The fourth-order valence-electron chi connectivity index (χ4n) is 1.34. The number of pyridine rings is 1. The van der Waals surface area contributed by atoms with Crippen molar-refractivity contribution in [2.24, 2.45) is 0 Å². The Balaban J connectivity index is 2.61. The number of nitrogens with two attached hydrogens (primary N) is 1. The third kappa shape index (κ3) is 1.37. The fourth-order valence-corrected chi connectivity index (χ4v) is 1.85. The van der Waals surface area contributed by atoms with Gasteiger partial charge in [-0.15, -0.1) is 0 Å². The second kappa shape index (κ2) is 3.30. The van der Waals surface area contributed by atoms with E-state index in [2.05, 4.69) is 11.2 Å². The summed E-state index contributed by atoms with van der Waals surface area (Å²) in [4.78, 5) is 4.26. The number of nitrogen functional groups attached to an aromatic ring is 1. The van der Waals surface area contributed by atoms with Gasteiger partial charge in [0.05, 0.1) is 17.6 Å². The van der Waals surface area contributed by atoms with Crippen molar-refractivity contribution in [3.63, 3.8) is 0 Å². The van der Waals surface area contributed by atoms with Crippen LogP contribution in [0.1, 0.15) is 5.69 Å². The Morgan fingerprint density at radius 3 is 3.23 bits per heavy atom. The van der Waals surface area contributed by atoms with E-state index in [1.165, 1.54) is 5.69 Å². The lowest BCUT2D eigenvalue weighted by molar-refractivity contribution is 1.10. The summed E-state index contributed by atoms with van der Waals surface area (Å²) in [5.74, 6) is 0.963. The Morgan fingerprint density at radius 1 is 1.62 bits per heavy atom. The van der Waals surface area contributed by atoms with Crippen molar-refractivity contribution in [3.8, 4) is 0 Å². The maximum atomic E-state index is 5.78. The maximum absolute atomic E-state index is 5.78. The molecule has 0 amide bonds. The highest BCUT2D eigenvalue weighted by atomic mass is 32.2. The molecule has 0 radical (unpaired) electrons. The minimum absolute atomic E-state index is 0.731. The lowest BCUT2D eigenvalue weighted by Crippen LogP contribution is -1.94. The summed E-state index contributed by atoms with van der Waals surface area (Å²) in [6.45, 7) is 0. The number of anilines is 1. The van der Waals surface area contributed by atoms with Gasteiger partial charge in [-0.2, -0.15) is 11.8 Å². The second-order valence-corrected chi connectivity index (χ2v) is 3.71. The van der Waals surface area contributed by atoms with E-state index in [1.54, 1.807) is 11.8 Å². The van der Waals surface area contributed by atoms with Gasteiger partial charge < -0.3 is 10.1 Å². The molecule has 2 N–H and O–H groups in total. The van der Waals surface area contributed by atoms with Crippen molar-refractivity contribution in [1.82, 2.24) is 9.38 Å². The van der Waals surface area contributed by atoms with Crippen molar-refractivity contribution in [2.75, 3.05) is 12.0 Å². The van der Waals surface area contributed by atoms with Crippen LogP contribution < -0.4 is 5.73 Å². The number of hydrogen-bond donors (Lipinski definition) is 1. The van der Waals surface area contributed by atoms with Gasteiger partial charge in [-0.3, -0.25) is 0 Å². The summed E-state index contributed by atoms with van der Waals surface area (Å²) in [5.41, 5.74) is 8.55. The highest BCUT2D eigenvalue weighted by Gasteiger charge is 2.03. The van der Waals surface area contributed by atoms with Crippen LogP contribution in [0.4, 0.5) is 5.69 Å². The van der Waals surface area contributed by atoms with E-state index in [1.807, 2.05) is 28.9 Å². The number of fused-ring (bicyclic) bond motifs is 1. The first-order valence-electron chi connectivity index (χ1n) is 4.02. The highest BCUT2D eigenvalue weighted by molar-refractivity contribution is 7.97. The average molecular weight is 193 g/mol. The Morgan fingerprint density at radius 2 is 2.46 bits per heavy atom. The van der Waals surface area contributed by atoms with E-state index in [-0.39, 0.29) is 0 Å². The van der Waals surface area contributed by atoms with Gasteiger partial charge in [0.1, 0.15) is 0 Å². The first-order chi connectivity index (χ1) is 6.33. The first kappa shape index (κ1) is 8.44. The molecule has 2 aromatic rings. The van der Waals surface area contributed by atoms with Crippen molar-refractivity contribution in [1.29, 1.82) is 0 Å². The standard InChI is InChI=1S/C9H11N3S/c1-13-6-7-5-11-9-8(10)3-2-4-12(7)9/h2-5H,6,10H2,1H3. The zero-order chi connectivity index (χ0) is 9.26. The summed E-state index contributed by atoms with van der Waals surface area (Å²) in [7, 11) is 0. The molecule has 13 heavy (non-hydrogen) atoms. The molecule has 0 saturated carbocycles. The molecule has 2 aromatic heterocycles. The third-order valence-electron chi connectivity index (χ3n) is 1.93. The molecular weight excluding hydrogens is 182 g/mol. The number of aromatic nitrogens is 2. The average Bonchev–Trinajstić information content (AvgIpc) is 2.51. The summed E-state index contributed by atoms with van der Waals surface area (Å²) < 4.78 is 2.03. The van der Waals surface area contributed by atoms with Crippen LogP contribution in [0.15, 0.2) is 24.5 Å². The monoisotopic (exact) mass is 193 g/mol. The number of nitrogens with zero attached hydrogens (tertiary/aromatic N) is 2. The van der Waals surface area contributed by atoms with E-state index in [4.69, 9.17) is 5.73 Å². The SMILES string of the molecule is CSCc1cnc2c(N)cccn12. The molecule has 0 saturated heterocycles. The Labute approximate surface area is 81.0 Å². The van der Waals surface area contributed by atoms with Crippen LogP contribution in [-0.2, 0) is 5.75 Å². The van der Waals surface area contributed by atoms with Gasteiger partial charge in [0.15, 0.2) is 5.65 Å². The number of rotatable bonds is 2. The topological polar surface area (TPSA) is 43.3 Å². The second-order valence-electron chi connectivity index (χ2n) is 2.84. The predicted octanol–water partition coefficient (Wildman–Crippen LogP) is 1.78. The van der Waals surface area contributed by atoms with Crippen LogP contribution >= 0.6 is 11.8 Å². The van der Waals surface area contributed by atoms with Gasteiger partial charge in [-0.25, -0.2) is 4.98 Å².